The molecule has 2 amide bonds. The van der Waals surface area contributed by atoms with E-state index in [1.165, 1.54) is 34.9 Å². The minimum absolute atomic E-state index is 0.0673. The monoisotopic (exact) mass is 471 g/mol. The summed E-state index contributed by atoms with van der Waals surface area (Å²) in [6, 6.07) is 6.10. The molecule has 1 aromatic carbocycles. The lowest BCUT2D eigenvalue weighted by Gasteiger charge is -2.43. The van der Waals surface area contributed by atoms with Gasteiger partial charge in [-0.3, -0.25) is 9.59 Å². The molecule has 176 valence electrons. The molecule has 0 unspecified atom stereocenters. The number of carbonyl (C=O) groups excluding carboxylic acids is 2. The van der Waals surface area contributed by atoms with Crippen LogP contribution < -0.4 is 10.6 Å². The Hall–Kier alpha value is -4.14. The predicted molar refractivity (Wildman–Crippen MR) is 116 cm³/mol. The second-order valence-electron chi connectivity index (χ2n) is 8.10. The summed E-state index contributed by atoms with van der Waals surface area (Å²) in [7, 11) is 0. The van der Waals surface area contributed by atoms with Crippen LogP contribution in [0.25, 0.3) is 16.8 Å². The van der Waals surface area contributed by atoms with Gasteiger partial charge in [-0.25, -0.2) is 9.50 Å². The van der Waals surface area contributed by atoms with Crippen molar-refractivity contribution in [2.24, 2.45) is 0 Å². The summed E-state index contributed by atoms with van der Waals surface area (Å²) >= 11 is 0. The van der Waals surface area contributed by atoms with Gasteiger partial charge in [0.1, 0.15) is 24.0 Å². The third-order valence-corrected chi connectivity index (χ3v) is 5.93. The van der Waals surface area contributed by atoms with Crippen LogP contribution in [-0.4, -0.2) is 49.9 Å². The number of nitrogens with zero attached hydrogens (tertiary/aromatic N) is 6. The zero-order valence-electron chi connectivity index (χ0n) is 18.5. The quantitative estimate of drug-likeness (QED) is 0.614. The van der Waals surface area contributed by atoms with E-state index in [9.17, 15) is 28.0 Å². The van der Waals surface area contributed by atoms with Crippen molar-refractivity contribution >= 4 is 28.8 Å². The Balaban J connectivity index is 1.90. The molecule has 3 aromatic rings. The van der Waals surface area contributed by atoms with Crippen LogP contribution in [0.1, 0.15) is 31.9 Å². The first kappa shape index (κ1) is 23.0. The molecule has 3 heterocycles. The number of anilines is 2. The number of halogens is 3. The van der Waals surface area contributed by atoms with Gasteiger partial charge in [-0.05, 0) is 32.0 Å². The summed E-state index contributed by atoms with van der Waals surface area (Å²) in [5.74, 6) is -0.983. The van der Waals surface area contributed by atoms with E-state index < -0.39 is 29.7 Å². The summed E-state index contributed by atoms with van der Waals surface area (Å²) in [5, 5.41) is 13.6. The number of aromatic nitrogens is 3. The Kier molecular flexibility index (Phi) is 5.43. The lowest BCUT2D eigenvalue weighted by atomic mass is 10.0. The van der Waals surface area contributed by atoms with Crippen molar-refractivity contribution in [3.8, 4) is 17.3 Å². The lowest BCUT2D eigenvalue weighted by Crippen LogP contribution is -2.61. The number of fused-ring (bicyclic) bond motifs is 1. The average molecular weight is 471 g/mol. The molecule has 0 spiro atoms. The minimum Gasteiger partial charge on any atom is -0.382 e. The maximum atomic E-state index is 13.7. The van der Waals surface area contributed by atoms with Crippen molar-refractivity contribution in [2.45, 2.75) is 39.0 Å². The number of nitrogens with two attached hydrogens (primary N) is 1. The Morgan fingerprint density at radius 2 is 1.97 bits per heavy atom. The van der Waals surface area contributed by atoms with Crippen LogP contribution in [0.3, 0.4) is 0 Å². The Morgan fingerprint density at radius 1 is 1.26 bits per heavy atom. The standard InChI is InChI=1S/C22H20F3N7O2/c1-11-9-30(13(3)33)12(2)21(34)31(11)17-6-14(4-5-15(17)8-26)18-7-16(22(23,24)25)19-20(27)28-10-29-32(18)19/h4-7,10-12H,9H2,1-3H3,(H2,27,28,29)/t11-,12-/m0/s1. The van der Waals surface area contributed by atoms with Gasteiger partial charge in [-0.15, -0.1) is 0 Å². The second-order valence-corrected chi connectivity index (χ2v) is 8.10. The molecule has 0 bridgehead atoms. The molecule has 2 N–H and O–H groups in total. The number of hydrogen-bond donors (Lipinski definition) is 1. The van der Waals surface area contributed by atoms with E-state index in [0.717, 1.165) is 16.9 Å². The van der Waals surface area contributed by atoms with Crippen molar-refractivity contribution in [2.75, 3.05) is 17.2 Å². The maximum Gasteiger partial charge on any atom is 0.418 e. The molecule has 34 heavy (non-hydrogen) atoms. The van der Waals surface area contributed by atoms with Gasteiger partial charge in [0, 0.05) is 19.0 Å². The molecule has 9 nitrogen and oxygen atoms in total. The highest BCUT2D eigenvalue weighted by atomic mass is 19.4. The van der Waals surface area contributed by atoms with Crippen molar-refractivity contribution in [1.29, 1.82) is 5.26 Å². The highest BCUT2D eigenvalue weighted by Crippen LogP contribution is 2.40. The maximum absolute atomic E-state index is 13.7. The van der Waals surface area contributed by atoms with Crippen LogP contribution >= 0.6 is 0 Å². The Labute approximate surface area is 192 Å². The molecule has 2 aromatic heterocycles. The second kappa shape index (κ2) is 8.02. The van der Waals surface area contributed by atoms with Crippen LogP contribution in [0.15, 0.2) is 30.6 Å². The van der Waals surface area contributed by atoms with E-state index in [4.69, 9.17) is 5.73 Å². The van der Waals surface area contributed by atoms with Gasteiger partial charge >= 0.3 is 6.18 Å². The van der Waals surface area contributed by atoms with Gasteiger partial charge in [0.05, 0.1) is 28.6 Å². The average Bonchev–Trinajstić information content (AvgIpc) is 3.18. The van der Waals surface area contributed by atoms with Crippen LogP contribution in [0.2, 0.25) is 0 Å². The van der Waals surface area contributed by atoms with E-state index in [0.29, 0.717) is 5.56 Å². The summed E-state index contributed by atoms with van der Waals surface area (Å²) in [4.78, 5) is 31.6. The fourth-order valence-corrected chi connectivity index (χ4v) is 4.31. The largest absolute Gasteiger partial charge is 0.418 e. The fraction of sp³-hybridized carbons (Fsp3) is 0.318. The first-order valence-corrected chi connectivity index (χ1v) is 10.3. The minimum atomic E-state index is -4.71. The summed E-state index contributed by atoms with van der Waals surface area (Å²) in [6.45, 7) is 4.94. The van der Waals surface area contributed by atoms with Crippen molar-refractivity contribution in [3.63, 3.8) is 0 Å². The SMILES string of the molecule is CC(=O)N1C[C@H](C)N(c2cc(-c3cc(C(F)(F)F)c4c(N)ncnn34)ccc2C#N)C(=O)[C@@H]1C. The smallest absolute Gasteiger partial charge is 0.382 e. The van der Waals surface area contributed by atoms with Crippen molar-refractivity contribution < 1.29 is 22.8 Å². The van der Waals surface area contributed by atoms with Gasteiger partial charge in [0.15, 0.2) is 5.82 Å². The van der Waals surface area contributed by atoms with Crippen molar-refractivity contribution in [1.82, 2.24) is 19.5 Å². The molecule has 0 radical (unpaired) electrons. The topological polar surface area (TPSA) is 121 Å². The number of benzene rings is 1. The number of carbonyl (C=O) groups is 2. The van der Waals surface area contributed by atoms with Crippen LogP contribution in [0, 0.1) is 11.3 Å². The first-order valence-electron chi connectivity index (χ1n) is 10.3. The zero-order valence-corrected chi connectivity index (χ0v) is 18.5. The molecule has 1 aliphatic rings. The number of rotatable bonds is 2. The van der Waals surface area contributed by atoms with Gasteiger partial charge in [0.2, 0.25) is 11.8 Å². The summed E-state index contributed by atoms with van der Waals surface area (Å²) in [6.07, 6.45) is -3.66. The summed E-state index contributed by atoms with van der Waals surface area (Å²) < 4.78 is 42.2. The number of nitriles is 1. The number of piperazine rings is 1. The first-order chi connectivity index (χ1) is 16.0. The molecule has 1 saturated heterocycles. The highest BCUT2D eigenvalue weighted by molar-refractivity contribution is 6.02. The molecule has 1 fully saturated rings. The molecule has 4 rings (SSSR count). The van der Waals surface area contributed by atoms with E-state index >= 15 is 0 Å². The lowest BCUT2D eigenvalue weighted by molar-refractivity contribution is -0.140. The molecule has 0 saturated carbocycles. The van der Waals surface area contributed by atoms with Crippen molar-refractivity contribution in [3.05, 3.63) is 41.7 Å². The molecular formula is C22H20F3N7O2. The normalized spacial score (nSPS) is 18.9. The molecule has 0 aliphatic carbocycles. The third-order valence-electron chi connectivity index (χ3n) is 5.93. The Morgan fingerprint density at radius 3 is 2.59 bits per heavy atom. The highest BCUT2D eigenvalue weighted by Gasteiger charge is 2.40. The van der Waals surface area contributed by atoms with Crippen LogP contribution in [0.5, 0.6) is 0 Å². The Bertz CT molecular complexity index is 1360. The van der Waals surface area contributed by atoms with E-state index in [2.05, 4.69) is 10.1 Å². The number of nitrogen functional groups attached to an aromatic ring is 1. The third kappa shape index (κ3) is 3.59. The molecule has 2 atom stereocenters. The molecule has 1 aliphatic heterocycles. The number of alkyl halides is 3. The van der Waals surface area contributed by atoms with E-state index in [-0.39, 0.29) is 40.7 Å². The molecular weight excluding hydrogens is 451 g/mol. The number of amides is 2. The van der Waals surface area contributed by atoms with Crippen LogP contribution in [0.4, 0.5) is 24.7 Å². The summed E-state index contributed by atoms with van der Waals surface area (Å²) in [5.41, 5.74) is 5.10. The van der Waals surface area contributed by atoms with Gasteiger partial charge < -0.3 is 15.5 Å². The zero-order chi connectivity index (χ0) is 24.9. The predicted octanol–water partition coefficient (Wildman–Crippen LogP) is 2.84. The van der Waals surface area contributed by atoms with Gasteiger partial charge in [0.25, 0.3) is 0 Å². The van der Waals surface area contributed by atoms with E-state index in [1.54, 1.807) is 13.8 Å². The molecule has 12 heteroatoms. The van der Waals surface area contributed by atoms with Gasteiger partial charge in [-0.1, -0.05) is 6.07 Å². The van der Waals surface area contributed by atoms with Crippen LogP contribution in [-0.2, 0) is 15.8 Å². The number of hydrogen-bond acceptors (Lipinski definition) is 6. The van der Waals surface area contributed by atoms with E-state index in [1.807, 2.05) is 6.07 Å². The van der Waals surface area contributed by atoms with Gasteiger partial charge in [-0.2, -0.15) is 23.5 Å². The fourth-order valence-electron chi connectivity index (χ4n) is 4.31.